The molecule has 124 valence electrons. The second-order valence-corrected chi connectivity index (χ2v) is 7.17. The van der Waals surface area contributed by atoms with Crippen molar-refractivity contribution in [2.45, 2.75) is 53.6 Å². The van der Waals surface area contributed by atoms with Crippen LogP contribution in [0.15, 0.2) is 4.99 Å². The summed E-state index contributed by atoms with van der Waals surface area (Å²) in [5.41, 5.74) is -0.174. The first-order valence-corrected chi connectivity index (χ1v) is 7.45. The molecule has 0 heterocycles. The summed E-state index contributed by atoms with van der Waals surface area (Å²) in [6, 6.07) is 0. The molecule has 0 spiro atoms. The van der Waals surface area contributed by atoms with E-state index < -0.39 is 11.7 Å². The van der Waals surface area contributed by atoms with Crippen LogP contribution in [-0.4, -0.2) is 44.3 Å². The number of nitrogens with one attached hydrogen (secondary N) is 3. The molecule has 6 nitrogen and oxygen atoms in total. The zero-order valence-corrected chi connectivity index (χ0v) is 14.6. The monoisotopic (exact) mass is 300 g/mol. The lowest BCUT2D eigenvalue weighted by Gasteiger charge is -2.20. The van der Waals surface area contributed by atoms with Crippen molar-refractivity contribution in [3.63, 3.8) is 0 Å². The molecule has 21 heavy (non-hydrogen) atoms. The summed E-state index contributed by atoms with van der Waals surface area (Å²) in [5.74, 6) is 0.741. The number of rotatable bonds is 5. The normalized spacial score (nSPS) is 12.8. The van der Waals surface area contributed by atoms with Gasteiger partial charge in [0.2, 0.25) is 0 Å². The Morgan fingerprint density at radius 1 is 0.952 bits per heavy atom. The number of hydrogen-bond acceptors (Lipinski definition) is 3. The molecule has 0 fully saturated rings. The number of amides is 1. The van der Waals surface area contributed by atoms with Crippen LogP contribution in [0.3, 0.4) is 0 Å². The highest BCUT2D eigenvalue weighted by Gasteiger charge is 2.15. The van der Waals surface area contributed by atoms with Gasteiger partial charge in [-0.05, 0) is 32.6 Å². The van der Waals surface area contributed by atoms with Crippen molar-refractivity contribution in [1.29, 1.82) is 0 Å². The quantitative estimate of drug-likeness (QED) is 0.413. The fourth-order valence-electron chi connectivity index (χ4n) is 1.44. The van der Waals surface area contributed by atoms with E-state index in [-0.39, 0.29) is 0 Å². The molecule has 0 unspecified atom stereocenters. The molecule has 6 heteroatoms. The maximum absolute atomic E-state index is 11.4. The number of carbonyl (C=O) groups is 1. The SMILES string of the molecule is CN=C(NCCNC(=O)OC(C)(C)C)NCCC(C)(C)C. The van der Waals surface area contributed by atoms with Crippen molar-refractivity contribution >= 4 is 12.1 Å². The van der Waals surface area contributed by atoms with Gasteiger partial charge in [0.15, 0.2) is 5.96 Å². The van der Waals surface area contributed by atoms with E-state index in [0.717, 1.165) is 18.9 Å². The van der Waals surface area contributed by atoms with Crippen LogP contribution in [0.4, 0.5) is 4.79 Å². The van der Waals surface area contributed by atoms with Gasteiger partial charge in [-0.2, -0.15) is 0 Å². The number of aliphatic imine (C=N–C) groups is 1. The minimum atomic E-state index is -0.470. The number of alkyl carbamates (subject to hydrolysis) is 1. The molecule has 0 aromatic carbocycles. The van der Waals surface area contributed by atoms with E-state index in [4.69, 9.17) is 4.74 Å². The molecule has 3 N–H and O–H groups in total. The Labute approximate surface area is 129 Å². The lowest BCUT2D eigenvalue weighted by atomic mass is 9.92. The molecule has 1 amide bonds. The van der Waals surface area contributed by atoms with E-state index in [0.29, 0.717) is 18.5 Å². The number of carbonyl (C=O) groups excluding carboxylic acids is 1. The third-order valence-corrected chi connectivity index (χ3v) is 2.48. The third-order valence-electron chi connectivity index (χ3n) is 2.48. The van der Waals surface area contributed by atoms with E-state index >= 15 is 0 Å². The van der Waals surface area contributed by atoms with Crippen LogP contribution in [-0.2, 0) is 4.74 Å². The van der Waals surface area contributed by atoms with Gasteiger partial charge >= 0.3 is 6.09 Å². The first kappa shape index (κ1) is 19.5. The number of ether oxygens (including phenoxy) is 1. The Kier molecular flexibility index (Phi) is 8.14. The van der Waals surface area contributed by atoms with Crippen molar-refractivity contribution in [1.82, 2.24) is 16.0 Å². The summed E-state index contributed by atoms with van der Waals surface area (Å²) in [5, 5.41) is 9.08. The Morgan fingerprint density at radius 3 is 1.95 bits per heavy atom. The van der Waals surface area contributed by atoms with Crippen molar-refractivity contribution in [3.05, 3.63) is 0 Å². The lowest BCUT2D eigenvalue weighted by Crippen LogP contribution is -2.43. The van der Waals surface area contributed by atoms with Gasteiger partial charge in [0.05, 0.1) is 0 Å². The molecule has 0 saturated carbocycles. The van der Waals surface area contributed by atoms with Gasteiger partial charge in [-0.1, -0.05) is 20.8 Å². The van der Waals surface area contributed by atoms with Crippen LogP contribution < -0.4 is 16.0 Å². The highest BCUT2D eigenvalue weighted by molar-refractivity contribution is 5.79. The molecule has 0 atom stereocenters. The van der Waals surface area contributed by atoms with E-state index in [2.05, 4.69) is 41.7 Å². The Bertz CT molecular complexity index is 341. The average Bonchev–Trinajstić information content (AvgIpc) is 2.28. The fraction of sp³-hybridized carbons (Fsp3) is 0.867. The zero-order valence-electron chi connectivity index (χ0n) is 14.6. The fourth-order valence-corrected chi connectivity index (χ4v) is 1.44. The average molecular weight is 300 g/mol. The number of nitrogens with zero attached hydrogens (tertiary/aromatic N) is 1. The van der Waals surface area contributed by atoms with Gasteiger partial charge in [-0.25, -0.2) is 4.79 Å². The Morgan fingerprint density at radius 2 is 1.48 bits per heavy atom. The summed E-state index contributed by atoms with van der Waals surface area (Å²) in [4.78, 5) is 15.6. The zero-order chi connectivity index (χ0) is 16.5. The molecule has 0 radical (unpaired) electrons. The van der Waals surface area contributed by atoms with Gasteiger partial charge in [0, 0.05) is 26.7 Å². The van der Waals surface area contributed by atoms with Crippen molar-refractivity contribution in [2.24, 2.45) is 10.4 Å². The smallest absolute Gasteiger partial charge is 0.407 e. The maximum atomic E-state index is 11.4. The van der Waals surface area contributed by atoms with Crippen molar-refractivity contribution in [3.8, 4) is 0 Å². The predicted molar refractivity (Wildman–Crippen MR) is 87.7 cm³/mol. The minimum absolute atomic E-state index is 0.296. The summed E-state index contributed by atoms with van der Waals surface area (Å²) >= 11 is 0. The topological polar surface area (TPSA) is 74.8 Å². The molecular weight excluding hydrogens is 268 g/mol. The van der Waals surface area contributed by atoms with Gasteiger partial charge in [-0.15, -0.1) is 0 Å². The van der Waals surface area contributed by atoms with Gasteiger partial charge in [0.25, 0.3) is 0 Å². The van der Waals surface area contributed by atoms with Crippen LogP contribution in [0.25, 0.3) is 0 Å². The van der Waals surface area contributed by atoms with Crippen LogP contribution in [0.1, 0.15) is 48.0 Å². The van der Waals surface area contributed by atoms with Crippen molar-refractivity contribution in [2.75, 3.05) is 26.7 Å². The Hall–Kier alpha value is -1.46. The first-order valence-electron chi connectivity index (χ1n) is 7.45. The standard InChI is InChI=1S/C15H32N4O2/c1-14(2,3)8-9-17-12(16-7)18-10-11-19-13(20)21-15(4,5)6/h8-11H2,1-7H3,(H,19,20)(H2,16,17,18). The molecule has 0 bridgehead atoms. The van der Waals surface area contributed by atoms with E-state index in [9.17, 15) is 4.79 Å². The second-order valence-electron chi connectivity index (χ2n) is 7.17. The molecule has 0 aromatic heterocycles. The van der Waals surface area contributed by atoms with E-state index in [1.54, 1.807) is 7.05 Å². The van der Waals surface area contributed by atoms with Gasteiger partial charge in [0.1, 0.15) is 5.60 Å². The van der Waals surface area contributed by atoms with Crippen LogP contribution in [0, 0.1) is 5.41 Å². The molecule has 0 aliphatic carbocycles. The van der Waals surface area contributed by atoms with Crippen molar-refractivity contribution < 1.29 is 9.53 Å². The Balaban J connectivity index is 3.81. The lowest BCUT2D eigenvalue weighted by molar-refractivity contribution is 0.0529. The summed E-state index contributed by atoms with van der Waals surface area (Å²) in [6.07, 6.45) is 0.657. The molecule has 0 rings (SSSR count). The highest BCUT2D eigenvalue weighted by Crippen LogP contribution is 2.16. The third kappa shape index (κ3) is 13.3. The molecule has 0 saturated heterocycles. The predicted octanol–water partition coefficient (Wildman–Crippen LogP) is 2.11. The second kappa shape index (κ2) is 8.74. The number of hydrogen-bond donors (Lipinski definition) is 3. The maximum Gasteiger partial charge on any atom is 0.407 e. The summed E-state index contributed by atoms with van der Waals surface area (Å²) in [6.45, 7) is 14.1. The van der Waals surface area contributed by atoms with E-state index in [1.807, 2.05) is 20.8 Å². The van der Waals surface area contributed by atoms with Crippen LogP contribution in [0.5, 0.6) is 0 Å². The molecular formula is C15H32N4O2. The molecule has 0 aliphatic heterocycles. The van der Waals surface area contributed by atoms with Crippen LogP contribution in [0.2, 0.25) is 0 Å². The summed E-state index contributed by atoms with van der Waals surface area (Å²) in [7, 11) is 1.73. The van der Waals surface area contributed by atoms with Crippen LogP contribution >= 0.6 is 0 Å². The highest BCUT2D eigenvalue weighted by atomic mass is 16.6. The van der Waals surface area contributed by atoms with E-state index in [1.165, 1.54) is 0 Å². The molecule has 0 aliphatic rings. The summed E-state index contributed by atoms with van der Waals surface area (Å²) < 4.78 is 5.15. The minimum Gasteiger partial charge on any atom is -0.444 e. The first-order chi connectivity index (χ1) is 9.53. The number of guanidine groups is 1. The van der Waals surface area contributed by atoms with Gasteiger partial charge in [-0.3, -0.25) is 4.99 Å². The van der Waals surface area contributed by atoms with Gasteiger partial charge < -0.3 is 20.7 Å². The largest absolute Gasteiger partial charge is 0.444 e. The molecule has 0 aromatic rings.